The SMILES string of the molecule is COC1CCN(c2ncc(C(C)(C)C)cn2)C1. The number of hydrogen-bond donors (Lipinski definition) is 0. The molecular weight excluding hydrogens is 214 g/mol. The number of ether oxygens (including phenoxy) is 1. The Balaban J connectivity index is 2.09. The predicted octanol–water partition coefficient (Wildman–Crippen LogP) is 2.00. The van der Waals surface area contributed by atoms with Crippen molar-refractivity contribution in [1.82, 2.24) is 9.97 Å². The third kappa shape index (κ3) is 2.75. The molecule has 0 amide bonds. The van der Waals surface area contributed by atoms with E-state index in [0.717, 1.165) is 25.5 Å². The van der Waals surface area contributed by atoms with Crippen molar-refractivity contribution < 1.29 is 4.74 Å². The standard InChI is InChI=1S/C13H21N3O/c1-13(2,3)10-7-14-12(15-8-10)16-6-5-11(9-16)17-4/h7-8,11H,5-6,9H2,1-4H3. The fraction of sp³-hybridized carbons (Fsp3) is 0.692. The summed E-state index contributed by atoms with van der Waals surface area (Å²) in [5.74, 6) is 0.817. The molecule has 17 heavy (non-hydrogen) atoms. The van der Waals surface area contributed by atoms with Gasteiger partial charge in [-0.05, 0) is 17.4 Å². The molecule has 0 bridgehead atoms. The number of anilines is 1. The average molecular weight is 235 g/mol. The maximum Gasteiger partial charge on any atom is 0.225 e. The monoisotopic (exact) mass is 235 g/mol. The summed E-state index contributed by atoms with van der Waals surface area (Å²) in [5, 5.41) is 0. The van der Waals surface area contributed by atoms with Crippen LogP contribution in [0.25, 0.3) is 0 Å². The van der Waals surface area contributed by atoms with E-state index in [2.05, 4.69) is 35.6 Å². The lowest BCUT2D eigenvalue weighted by atomic mass is 9.89. The summed E-state index contributed by atoms with van der Waals surface area (Å²) in [7, 11) is 1.76. The second-order valence-corrected chi connectivity index (χ2v) is 5.61. The van der Waals surface area contributed by atoms with Gasteiger partial charge in [0.15, 0.2) is 0 Å². The minimum absolute atomic E-state index is 0.110. The van der Waals surface area contributed by atoms with Crippen LogP contribution in [0.3, 0.4) is 0 Å². The Labute approximate surface area is 103 Å². The highest BCUT2D eigenvalue weighted by Gasteiger charge is 2.24. The zero-order valence-electron chi connectivity index (χ0n) is 11.1. The van der Waals surface area contributed by atoms with Crippen molar-refractivity contribution in [3.63, 3.8) is 0 Å². The van der Waals surface area contributed by atoms with Crippen molar-refractivity contribution in [3.05, 3.63) is 18.0 Å². The van der Waals surface area contributed by atoms with Crippen molar-refractivity contribution in [3.8, 4) is 0 Å². The molecular formula is C13H21N3O. The van der Waals surface area contributed by atoms with E-state index in [-0.39, 0.29) is 5.41 Å². The molecule has 0 aliphatic carbocycles. The van der Waals surface area contributed by atoms with Gasteiger partial charge in [-0.25, -0.2) is 9.97 Å². The second-order valence-electron chi connectivity index (χ2n) is 5.61. The Bertz CT molecular complexity index is 369. The molecule has 1 aliphatic heterocycles. The van der Waals surface area contributed by atoms with Crippen LogP contribution in [0.15, 0.2) is 12.4 Å². The quantitative estimate of drug-likeness (QED) is 0.786. The van der Waals surface area contributed by atoms with E-state index in [1.807, 2.05) is 12.4 Å². The normalized spacial score (nSPS) is 20.9. The summed E-state index contributed by atoms with van der Waals surface area (Å²) >= 11 is 0. The summed E-state index contributed by atoms with van der Waals surface area (Å²) in [6, 6.07) is 0. The molecule has 2 rings (SSSR count). The van der Waals surface area contributed by atoms with Crippen LogP contribution >= 0.6 is 0 Å². The first-order chi connectivity index (χ1) is 8.00. The summed E-state index contributed by atoms with van der Waals surface area (Å²) in [6.45, 7) is 8.38. The Morgan fingerprint density at radius 2 is 1.94 bits per heavy atom. The van der Waals surface area contributed by atoms with Gasteiger partial charge in [0.25, 0.3) is 0 Å². The molecule has 0 spiro atoms. The van der Waals surface area contributed by atoms with Crippen LogP contribution in [0, 0.1) is 0 Å². The molecule has 1 atom stereocenters. The first kappa shape index (κ1) is 12.3. The Morgan fingerprint density at radius 1 is 1.29 bits per heavy atom. The van der Waals surface area contributed by atoms with Crippen molar-refractivity contribution >= 4 is 5.95 Å². The lowest BCUT2D eigenvalue weighted by Gasteiger charge is -2.20. The van der Waals surface area contributed by atoms with Gasteiger partial charge < -0.3 is 9.64 Å². The van der Waals surface area contributed by atoms with E-state index in [0.29, 0.717) is 6.10 Å². The molecule has 0 aromatic carbocycles. The number of aromatic nitrogens is 2. The van der Waals surface area contributed by atoms with Gasteiger partial charge in [-0.3, -0.25) is 0 Å². The molecule has 4 nitrogen and oxygen atoms in total. The fourth-order valence-corrected chi connectivity index (χ4v) is 1.97. The molecule has 94 valence electrons. The van der Waals surface area contributed by atoms with Crippen molar-refractivity contribution in [2.45, 2.75) is 38.7 Å². The van der Waals surface area contributed by atoms with E-state index in [1.54, 1.807) is 7.11 Å². The minimum atomic E-state index is 0.110. The van der Waals surface area contributed by atoms with Gasteiger partial charge in [0.1, 0.15) is 0 Å². The molecule has 1 aliphatic rings. The van der Waals surface area contributed by atoms with Crippen LogP contribution in [-0.2, 0) is 10.2 Å². The lowest BCUT2D eigenvalue weighted by molar-refractivity contribution is 0.121. The van der Waals surface area contributed by atoms with E-state index in [9.17, 15) is 0 Å². The fourth-order valence-electron chi connectivity index (χ4n) is 1.97. The van der Waals surface area contributed by atoms with Gasteiger partial charge in [-0.15, -0.1) is 0 Å². The van der Waals surface area contributed by atoms with Crippen LogP contribution < -0.4 is 4.90 Å². The molecule has 1 fully saturated rings. The summed E-state index contributed by atoms with van der Waals surface area (Å²) in [4.78, 5) is 11.1. The van der Waals surface area contributed by atoms with Gasteiger partial charge in [0, 0.05) is 32.6 Å². The molecule has 2 heterocycles. The Hall–Kier alpha value is -1.16. The number of hydrogen-bond acceptors (Lipinski definition) is 4. The van der Waals surface area contributed by atoms with Gasteiger partial charge >= 0.3 is 0 Å². The summed E-state index contributed by atoms with van der Waals surface area (Å²) in [6.07, 6.45) is 5.24. The molecule has 1 saturated heterocycles. The highest BCUT2D eigenvalue weighted by molar-refractivity contribution is 5.33. The van der Waals surface area contributed by atoms with E-state index >= 15 is 0 Å². The van der Waals surface area contributed by atoms with Gasteiger partial charge in [-0.1, -0.05) is 20.8 Å². The van der Waals surface area contributed by atoms with E-state index < -0.39 is 0 Å². The number of nitrogens with zero attached hydrogens (tertiary/aromatic N) is 3. The Morgan fingerprint density at radius 3 is 2.41 bits per heavy atom. The largest absolute Gasteiger partial charge is 0.380 e. The van der Waals surface area contributed by atoms with E-state index in [4.69, 9.17) is 4.74 Å². The van der Waals surface area contributed by atoms with Gasteiger partial charge in [0.2, 0.25) is 5.95 Å². The summed E-state index contributed by atoms with van der Waals surface area (Å²) < 4.78 is 5.34. The van der Waals surface area contributed by atoms with Crippen LogP contribution in [-0.4, -0.2) is 36.3 Å². The first-order valence-electron chi connectivity index (χ1n) is 6.11. The summed E-state index contributed by atoms with van der Waals surface area (Å²) in [5.41, 5.74) is 1.28. The lowest BCUT2D eigenvalue weighted by Crippen LogP contribution is -2.24. The van der Waals surface area contributed by atoms with Gasteiger partial charge in [-0.2, -0.15) is 0 Å². The zero-order valence-corrected chi connectivity index (χ0v) is 11.1. The smallest absolute Gasteiger partial charge is 0.225 e. The Kier molecular flexibility index (Phi) is 3.33. The van der Waals surface area contributed by atoms with Crippen LogP contribution in [0.5, 0.6) is 0 Å². The first-order valence-corrected chi connectivity index (χ1v) is 6.11. The number of rotatable bonds is 2. The van der Waals surface area contributed by atoms with Crippen LogP contribution in [0.2, 0.25) is 0 Å². The minimum Gasteiger partial charge on any atom is -0.380 e. The molecule has 1 aromatic rings. The van der Waals surface area contributed by atoms with Crippen molar-refractivity contribution in [2.75, 3.05) is 25.1 Å². The maximum atomic E-state index is 5.34. The molecule has 0 radical (unpaired) electrons. The average Bonchev–Trinajstić information content (AvgIpc) is 2.76. The van der Waals surface area contributed by atoms with Crippen molar-refractivity contribution in [2.24, 2.45) is 0 Å². The predicted molar refractivity (Wildman–Crippen MR) is 68.4 cm³/mol. The third-order valence-electron chi connectivity index (χ3n) is 3.27. The number of methoxy groups -OCH3 is 1. The topological polar surface area (TPSA) is 38.2 Å². The molecule has 1 unspecified atom stereocenters. The highest BCUT2D eigenvalue weighted by atomic mass is 16.5. The van der Waals surface area contributed by atoms with Crippen LogP contribution in [0.4, 0.5) is 5.95 Å². The van der Waals surface area contributed by atoms with Crippen LogP contribution in [0.1, 0.15) is 32.8 Å². The van der Waals surface area contributed by atoms with E-state index in [1.165, 1.54) is 5.56 Å². The third-order valence-corrected chi connectivity index (χ3v) is 3.27. The molecule has 1 aromatic heterocycles. The maximum absolute atomic E-state index is 5.34. The molecule has 4 heteroatoms. The highest BCUT2D eigenvalue weighted by Crippen LogP contribution is 2.22. The molecule has 0 saturated carbocycles. The van der Waals surface area contributed by atoms with Crippen molar-refractivity contribution in [1.29, 1.82) is 0 Å². The second kappa shape index (κ2) is 4.61. The van der Waals surface area contributed by atoms with Gasteiger partial charge in [0.05, 0.1) is 6.10 Å². The molecule has 0 N–H and O–H groups in total. The zero-order chi connectivity index (χ0) is 12.5.